The molecule has 0 saturated carbocycles. The quantitative estimate of drug-likeness (QED) is 0.573. The van der Waals surface area contributed by atoms with Crippen LogP contribution in [0.25, 0.3) is 5.65 Å². The predicted molar refractivity (Wildman–Crippen MR) is 114 cm³/mol. The first-order chi connectivity index (χ1) is 14.9. The molecule has 4 heterocycles. The van der Waals surface area contributed by atoms with Gasteiger partial charge >= 0.3 is 0 Å². The number of nitrogens with zero attached hydrogens (tertiary/aromatic N) is 5. The maximum atomic E-state index is 14.2. The van der Waals surface area contributed by atoms with Gasteiger partial charge in [0.25, 0.3) is 0 Å². The number of ether oxygens (including phenoxy) is 1. The van der Waals surface area contributed by atoms with E-state index in [1.54, 1.807) is 16.8 Å². The van der Waals surface area contributed by atoms with E-state index in [2.05, 4.69) is 10.00 Å². The molecule has 1 saturated heterocycles. The van der Waals surface area contributed by atoms with E-state index in [0.29, 0.717) is 31.0 Å². The second-order valence-electron chi connectivity index (χ2n) is 8.06. The minimum Gasteiger partial charge on any atom is -0.493 e. The van der Waals surface area contributed by atoms with Gasteiger partial charge in [0.1, 0.15) is 17.4 Å². The fourth-order valence-electron chi connectivity index (χ4n) is 4.43. The van der Waals surface area contributed by atoms with Crippen molar-refractivity contribution in [2.45, 2.75) is 31.8 Å². The van der Waals surface area contributed by atoms with Gasteiger partial charge < -0.3 is 9.64 Å². The molecule has 31 heavy (non-hydrogen) atoms. The summed E-state index contributed by atoms with van der Waals surface area (Å²) in [7, 11) is -3.43. The Balaban J connectivity index is 1.64. The molecule has 1 unspecified atom stereocenters. The average Bonchev–Trinajstić information content (AvgIpc) is 3.36. The van der Waals surface area contributed by atoms with Crippen molar-refractivity contribution in [3.8, 4) is 5.75 Å². The molecule has 1 fully saturated rings. The Hall–Kier alpha value is -2.72. The summed E-state index contributed by atoms with van der Waals surface area (Å²) in [5, 5.41) is 4.34. The standard InChI is InChI=1S/C21H24FN5O3S/c1-31(28,29)25-8-3-11-30-19-6-5-16(22)12-17(19)18-4-2-9-26(18)20-7-10-27-21(24-20)15(14-25)13-23-27/h5-7,10,12-13,18H,2-4,8-9,11,14H2,1H3. The molecule has 2 aromatic heterocycles. The molecule has 1 aromatic carbocycles. The number of rotatable bonds is 1. The van der Waals surface area contributed by atoms with Crippen LogP contribution in [-0.2, 0) is 16.6 Å². The lowest BCUT2D eigenvalue weighted by Gasteiger charge is -2.28. The van der Waals surface area contributed by atoms with Gasteiger partial charge in [0.05, 0.1) is 25.1 Å². The Morgan fingerprint density at radius 3 is 2.90 bits per heavy atom. The summed E-state index contributed by atoms with van der Waals surface area (Å²) in [6, 6.07) is 6.44. The van der Waals surface area contributed by atoms with Gasteiger partial charge in [0.15, 0.2) is 5.65 Å². The minimum atomic E-state index is -3.43. The number of sulfonamides is 1. The zero-order chi connectivity index (χ0) is 21.6. The molecule has 5 rings (SSSR count). The van der Waals surface area contributed by atoms with Crippen LogP contribution < -0.4 is 9.64 Å². The van der Waals surface area contributed by atoms with E-state index in [0.717, 1.165) is 36.3 Å². The maximum Gasteiger partial charge on any atom is 0.211 e. The number of aromatic nitrogens is 3. The number of anilines is 1. The fourth-order valence-corrected chi connectivity index (χ4v) is 5.26. The third-order valence-corrected chi connectivity index (χ3v) is 7.18. The van der Waals surface area contributed by atoms with Crippen molar-refractivity contribution in [2.75, 3.05) is 30.9 Å². The summed E-state index contributed by atoms with van der Waals surface area (Å²) < 4.78 is 48.0. The number of hydrogen-bond acceptors (Lipinski definition) is 6. The SMILES string of the molecule is CS(=O)(=O)N1CCCOc2ccc(F)cc2C2CCCN2c2ccn3ncc(c3n2)C1. The van der Waals surface area contributed by atoms with Crippen molar-refractivity contribution in [3.05, 3.63) is 53.6 Å². The minimum absolute atomic E-state index is 0.0394. The number of hydrogen-bond donors (Lipinski definition) is 0. The molecule has 8 nitrogen and oxygen atoms in total. The molecule has 0 N–H and O–H groups in total. The van der Waals surface area contributed by atoms with Crippen molar-refractivity contribution in [3.63, 3.8) is 0 Å². The van der Waals surface area contributed by atoms with E-state index in [1.807, 2.05) is 12.3 Å². The third-order valence-electron chi connectivity index (χ3n) is 5.93. The highest BCUT2D eigenvalue weighted by atomic mass is 32.2. The Kier molecular flexibility index (Phi) is 5.05. The molecule has 0 amide bonds. The van der Waals surface area contributed by atoms with Gasteiger partial charge in [0, 0.05) is 37.0 Å². The highest BCUT2D eigenvalue weighted by molar-refractivity contribution is 7.88. The summed E-state index contributed by atoms with van der Waals surface area (Å²) >= 11 is 0. The zero-order valence-electron chi connectivity index (χ0n) is 17.2. The van der Waals surface area contributed by atoms with Crippen molar-refractivity contribution >= 4 is 21.5 Å². The average molecular weight is 446 g/mol. The van der Waals surface area contributed by atoms with Crippen molar-refractivity contribution < 1.29 is 17.5 Å². The van der Waals surface area contributed by atoms with Gasteiger partial charge in [-0.25, -0.2) is 22.3 Å². The predicted octanol–water partition coefficient (Wildman–Crippen LogP) is 2.75. The first-order valence-electron chi connectivity index (χ1n) is 10.4. The zero-order valence-corrected chi connectivity index (χ0v) is 18.1. The molecule has 0 aliphatic carbocycles. The first kappa shape index (κ1) is 20.2. The number of halogens is 1. The van der Waals surface area contributed by atoms with Crippen LogP contribution >= 0.6 is 0 Å². The molecule has 2 aliphatic rings. The number of fused-ring (bicyclic) bond motifs is 5. The Morgan fingerprint density at radius 1 is 1.19 bits per heavy atom. The third kappa shape index (κ3) is 3.85. The van der Waals surface area contributed by atoms with Crippen LogP contribution in [0.3, 0.4) is 0 Å². The van der Waals surface area contributed by atoms with Crippen LogP contribution in [0.4, 0.5) is 10.2 Å². The molecule has 164 valence electrons. The van der Waals surface area contributed by atoms with Crippen LogP contribution in [0, 0.1) is 5.82 Å². The Labute approximate surface area is 180 Å². The largest absolute Gasteiger partial charge is 0.493 e. The van der Waals surface area contributed by atoms with Crippen LogP contribution in [0.2, 0.25) is 0 Å². The van der Waals surface area contributed by atoms with E-state index in [1.165, 1.54) is 22.7 Å². The monoisotopic (exact) mass is 445 g/mol. The van der Waals surface area contributed by atoms with Crippen molar-refractivity contribution in [2.24, 2.45) is 0 Å². The summed E-state index contributed by atoms with van der Waals surface area (Å²) in [5.74, 6) is 1.09. The highest BCUT2D eigenvalue weighted by Gasteiger charge is 2.31. The number of benzene rings is 1. The second kappa shape index (κ2) is 7.76. The van der Waals surface area contributed by atoms with Gasteiger partial charge in [0.2, 0.25) is 10.0 Å². The van der Waals surface area contributed by atoms with Crippen molar-refractivity contribution in [1.29, 1.82) is 0 Å². The Bertz CT molecular complexity index is 1230. The smallest absolute Gasteiger partial charge is 0.211 e. The van der Waals surface area contributed by atoms with E-state index in [9.17, 15) is 12.8 Å². The molecular formula is C21H24FN5O3S. The molecule has 2 bridgehead atoms. The molecule has 0 radical (unpaired) electrons. The maximum absolute atomic E-state index is 14.2. The summed E-state index contributed by atoms with van der Waals surface area (Å²) in [5.41, 5.74) is 2.17. The van der Waals surface area contributed by atoms with E-state index >= 15 is 0 Å². The van der Waals surface area contributed by atoms with Crippen molar-refractivity contribution in [1.82, 2.24) is 18.9 Å². The van der Waals surface area contributed by atoms with Gasteiger partial charge in [-0.15, -0.1) is 0 Å². The lowest BCUT2D eigenvalue weighted by Crippen LogP contribution is -2.31. The fraction of sp³-hybridized carbons (Fsp3) is 0.429. The summed E-state index contributed by atoms with van der Waals surface area (Å²) in [4.78, 5) is 6.99. The lowest BCUT2D eigenvalue weighted by molar-refractivity contribution is 0.283. The van der Waals surface area contributed by atoms with E-state index in [-0.39, 0.29) is 18.4 Å². The van der Waals surface area contributed by atoms with E-state index in [4.69, 9.17) is 9.72 Å². The molecule has 10 heteroatoms. The highest BCUT2D eigenvalue weighted by Crippen LogP contribution is 2.40. The van der Waals surface area contributed by atoms with Crippen LogP contribution in [-0.4, -0.2) is 53.3 Å². The lowest BCUT2D eigenvalue weighted by atomic mass is 10.0. The Morgan fingerprint density at radius 2 is 2.06 bits per heavy atom. The molecule has 1 atom stereocenters. The summed E-state index contributed by atoms with van der Waals surface area (Å²) in [6.45, 7) is 1.64. The molecule has 3 aromatic rings. The van der Waals surface area contributed by atoms with E-state index < -0.39 is 10.0 Å². The summed E-state index contributed by atoms with van der Waals surface area (Å²) in [6.07, 6.45) is 7.04. The van der Waals surface area contributed by atoms with Gasteiger partial charge in [-0.05, 0) is 43.5 Å². The van der Waals surface area contributed by atoms with Crippen LogP contribution in [0.5, 0.6) is 5.75 Å². The second-order valence-corrected chi connectivity index (χ2v) is 10.0. The topological polar surface area (TPSA) is 80.0 Å². The molecule has 2 aliphatic heterocycles. The van der Waals surface area contributed by atoms with Gasteiger partial charge in [-0.2, -0.15) is 9.40 Å². The normalized spacial score (nSPS) is 20.3. The van der Waals surface area contributed by atoms with Crippen LogP contribution in [0.1, 0.15) is 36.4 Å². The van der Waals surface area contributed by atoms with Crippen LogP contribution in [0.15, 0.2) is 36.7 Å². The van der Waals surface area contributed by atoms with Gasteiger partial charge in [-0.3, -0.25) is 0 Å². The molecule has 0 spiro atoms. The van der Waals surface area contributed by atoms with Gasteiger partial charge in [-0.1, -0.05) is 0 Å². The molecular weight excluding hydrogens is 421 g/mol. The first-order valence-corrected chi connectivity index (χ1v) is 12.2.